The first-order valence-corrected chi connectivity index (χ1v) is 9.36. The van der Waals surface area contributed by atoms with Crippen LogP contribution in [0.4, 0.5) is 0 Å². The second kappa shape index (κ2) is 6.18. The SMILES string of the molecule is CC(C)(C)c1ccc(-c2csc3nc(=O)c(-c4ccccc4)nn23)cc1. The minimum Gasteiger partial charge on any atom is -0.265 e. The zero-order valence-corrected chi connectivity index (χ0v) is 15.7. The van der Waals surface area contributed by atoms with Gasteiger partial charge in [0.15, 0.2) is 5.69 Å². The van der Waals surface area contributed by atoms with Gasteiger partial charge >= 0.3 is 5.56 Å². The van der Waals surface area contributed by atoms with E-state index in [1.807, 2.05) is 35.7 Å². The van der Waals surface area contributed by atoms with Crippen LogP contribution in [0.1, 0.15) is 26.3 Å². The van der Waals surface area contributed by atoms with Gasteiger partial charge in [0.05, 0.1) is 5.69 Å². The summed E-state index contributed by atoms with van der Waals surface area (Å²) >= 11 is 1.43. The maximum Gasteiger partial charge on any atom is 0.300 e. The van der Waals surface area contributed by atoms with Crippen molar-refractivity contribution in [2.24, 2.45) is 0 Å². The highest BCUT2D eigenvalue weighted by Gasteiger charge is 2.16. The van der Waals surface area contributed by atoms with Gasteiger partial charge in [-0.05, 0) is 11.0 Å². The van der Waals surface area contributed by atoms with Crippen LogP contribution in [0.2, 0.25) is 0 Å². The van der Waals surface area contributed by atoms with Crippen LogP contribution in [0.15, 0.2) is 64.8 Å². The summed E-state index contributed by atoms with van der Waals surface area (Å²) in [5, 5.41) is 6.60. The van der Waals surface area contributed by atoms with Crippen molar-refractivity contribution in [1.82, 2.24) is 14.6 Å². The Morgan fingerprint density at radius 1 is 0.923 bits per heavy atom. The third-order valence-corrected chi connectivity index (χ3v) is 5.20. The van der Waals surface area contributed by atoms with E-state index in [9.17, 15) is 4.79 Å². The molecule has 0 aliphatic rings. The van der Waals surface area contributed by atoms with Gasteiger partial charge in [0, 0.05) is 16.5 Å². The molecule has 5 heteroatoms. The summed E-state index contributed by atoms with van der Waals surface area (Å²) in [5.74, 6) is 0. The highest BCUT2D eigenvalue weighted by Crippen LogP contribution is 2.28. The van der Waals surface area contributed by atoms with E-state index >= 15 is 0 Å². The van der Waals surface area contributed by atoms with Crippen molar-refractivity contribution in [1.29, 1.82) is 0 Å². The minimum atomic E-state index is -0.298. The van der Waals surface area contributed by atoms with Gasteiger partial charge in [-0.1, -0.05) is 75.4 Å². The standard InChI is InChI=1S/C21H19N3OS/c1-21(2,3)16-11-9-14(10-12-16)17-13-26-20-22-19(25)18(23-24(17)20)15-7-5-4-6-8-15/h4-13H,1-3H3. The third kappa shape index (κ3) is 2.95. The fraction of sp³-hybridized carbons (Fsp3) is 0.190. The molecule has 0 radical (unpaired) electrons. The molecule has 2 aromatic carbocycles. The van der Waals surface area contributed by atoms with Gasteiger partial charge < -0.3 is 0 Å². The molecule has 0 saturated carbocycles. The summed E-state index contributed by atoms with van der Waals surface area (Å²) in [5.41, 5.74) is 4.24. The molecular weight excluding hydrogens is 342 g/mol. The van der Waals surface area contributed by atoms with Crippen LogP contribution in [0, 0.1) is 0 Å². The molecule has 4 rings (SSSR count). The lowest BCUT2D eigenvalue weighted by molar-refractivity contribution is 0.590. The van der Waals surface area contributed by atoms with Crippen LogP contribution >= 0.6 is 11.3 Å². The second-order valence-electron chi connectivity index (χ2n) is 7.27. The molecule has 0 bridgehead atoms. The molecule has 0 amide bonds. The molecule has 2 aromatic heterocycles. The number of thiazole rings is 1. The summed E-state index contributed by atoms with van der Waals surface area (Å²) in [7, 11) is 0. The first kappa shape index (κ1) is 16.7. The molecule has 0 unspecified atom stereocenters. The average Bonchev–Trinajstić information content (AvgIpc) is 3.04. The Hall–Kier alpha value is -2.79. The Balaban J connectivity index is 1.85. The third-order valence-electron chi connectivity index (χ3n) is 4.38. The Morgan fingerprint density at radius 3 is 2.27 bits per heavy atom. The zero-order chi connectivity index (χ0) is 18.3. The summed E-state index contributed by atoms with van der Waals surface area (Å²) in [6, 6.07) is 18.0. The molecule has 0 N–H and O–H groups in total. The molecule has 26 heavy (non-hydrogen) atoms. The normalized spacial score (nSPS) is 11.8. The van der Waals surface area contributed by atoms with Crippen molar-refractivity contribution < 1.29 is 0 Å². The first-order chi connectivity index (χ1) is 12.4. The molecule has 0 atom stereocenters. The van der Waals surface area contributed by atoms with Gasteiger partial charge in [-0.2, -0.15) is 10.1 Å². The smallest absolute Gasteiger partial charge is 0.265 e. The van der Waals surface area contributed by atoms with E-state index in [0.717, 1.165) is 16.8 Å². The summed E-state index contributed by atoms with van der Waals surface area (Å²) in [4.78, 5) is 17.2. The number of nitrogens with zero attached hydrogens (tertiary/aromatic N) is 3. The van der Waals surface area contributed by atoms with E-state index < -0.39 is 0 Å². The summed E-state index contributed by atoms with van der Waals surface area (Å²) < 4.78 is 1.76. The number of hydrogen-bond donors (Lipinski definition) is 0. The van der Waals surface area contributed by atoms with Gasteiger partial charge in [0.2, 0.25) is 4.96 Å². The number of fused-ring (bicyclic) bond motifs is 1. The lowest BCUT2D eigenvalue weighted by Gasteiger charge is -2.19. The Bertz CT molecular complexity index is 1120. The Labute approximate surface area is 155 Å². The van der Waals surface area contributed by atoms with Gasteiger partial charge in [-0.25, -0.2) is 4.52 Å². The average molecular weight is 361 g/mol. The Morgan fingerprint density at radius 2 is 1.62 bits per heavy atom. The molecular formula is C21H19N3OS. The molecule has 0 saturated heterocycles. The maximum absolute atomic E-state index is 12.4. The van der Waals surface area contributed by atoms with E-state index in [2.05, 4.69) is 55.1 Å². The van der Waals surface area contributed by atoms with Crippen LogP contribution < -0.4 is 5.56 Å². The molecule has 0 spiro atoms. The Kier molecular flexibility index (Phi) is 3.96. The van der Waals surface area contributed by atoms with Crippen molar-refractivity contribution in [2.45, 2.75) is 26.2 Å². The second-order valence-corrected chi connectivity index (χ2v) is 8.11. The number of rotatable bonds is 2. The van der Waals surface area contributed by atoms with E-state index in [1.165, 1.54) is 16.9 Å². The van der Waals surface area contributed by atoms with E-state index in [4.69, 9.17) is 0 Å². The van der Waals surface area contributed by atoms with Crippen LogP contribution in [0.5, 0.6) is 0 Å². The van der Waals surface area contributed by atoms with Crippen molar-refractivity contribution in [2.75, 3.05) is 0 Å². The molecule has 4 aromatic rings. The highest BCUT2D eigenvalue weighted by atomic mass is 32.1. The minimum absolute atomic E-state index is 0.111. The van der Waals surface area contributed by atoms with Crippen LogP contribution in [0.3, 0.4) is 0 Å². The summed E-state index contributed by atoms with van der Waals surface area (Å²) in [6.45, 7) is 6.60. The van der Waals surface area contributed by atoms with Crippen molar-refractivity contribution in [3.63, 3.8) is 0 Å². The summed E-state index contributed by atoms with van der Waals surface area (Å²) in [6.07, 6.45) is 0. The van der Waals surface area contributed by atoms with Gasteiger partial charge in [0.1, 0.15) is 0 Å². The topological polar surface area (TPSA) is 47.3 Å². The van der Waals surface area contributed by atoms with Gasteiger partial charge in [-0.15, -0.1) is 11.3 Å². The molecule has 4 nitrogen and oxygen atoms in total. The number of hydrogen-bond acceptors (Lipinski definition) is 4. The molecule has 2 heterocycles. The first-order valence-electron chi connectivity index (χ1n) is 8.48. The fourth-order valence-electron chi connectivity index (χ4n) is 2.87. The molecule has 0 fully saturated rings. The lowest BCUT2D eigenvalue weighted by atomic mass is 9.86. The predicted octanol–water partition coefficient (Wildman–Crippen LogP) is 4.78. The molecule has 0 aliphatic heterocycles. The van der Waals surface area contributed by atoms with Crippen LogP contribution in [0.25, 0.3) is 27.5 Å². The monoisotopic (exact) mass is 361 g/mol. The van der Waals surface area contributed by atoms with Crippen molar-refractivity contribution in [3.8, 4) is 22.5 Å². The van der Waals surface area contributed by atoms with Crippen molar-refractivity contribution in [3.05, 3.63) is 75.9 Å². The van der Waals surface area contributed by atoms with Crippen molar-refractivity contribution >= 4 is 16.3 Å². The van der Waals surface area contributed by atoms with Crippen LogP contribution in [-0.2, 0) is 5.41 Å². The molecule has 0 aliphatic carbocycles. The van der Waals surface area contributed by atoms with Crippen LogP contribution in [-0.4, -0.2) is 14.6 Å². The molecule has 130 valence electrons. The zero-order valence-electron chi connectivity index (χ0n) is 14.9. The lowest BCUT2D eigenvalue weighted by Crippen LogP contribution is -2.15. The van der Waals surface area contributed by atoms with E-state index in [-0.39, 0.29) is 11.0 Å². The highest BCUT2D eigenvalue weighted by molar-refractivity contribution is 7.15. The predicted molar refractivity (Wildman–Crippen MR) is 107 cm³/mol. The number of benzene rings is 2. The van der Waals surface area contributed by atoms with Gasteiger partial charge in [-0.3, -0.25) is 4.79 Å². The number of aromatic nitrogens is 3. The quantitative estimate of drug-likeness (QED) is 0.516. The maximum atomic E-state index is 12.4. The largest absolute Gasteiger partial charge is 0.300 e. The van der Waals surface area contributed by atoms with E-state index in [1.54, 1.807) is 4.52 Å². The van der Waals surface area contributed by atoms with E-state index in [0.29, 0.717) is 10.7 Å². The van der Waals surface area contributed by atoms with Gasteiger partial charge in [0.25, 0.3) is 0 Å². The fourth-order valence-corrected chi connectivity index (χ4v) is 3.70.